The fraction of sp³-hybridized carbons (Fsp3) is 0.200. The van der Waals surface area contributed by atoms with Gasteiger partial charge < -0.3 is 10.6 Å². The molecule has 0 saturated carbocycles. The van der Waals surface area contributed by atoms with Gasteiger partial charge in [-0.1, -0.05) is 18.2 Å². The third kappa shape index (κ3) is 3.96. The van der Waals surface area contributed by atoms with E-state index in [0.29, 0.717) is 16.0 Å². The van der Waals surface area contributed by atoms with Crippen LogP contribution in [0.5, 0.6) is 0 Å². The molecule has 1 fully saturated rings. The molecule has 1 aliphatic rings. The summed E-state index contributed by atoms with van der Waals surface area (Å²) in [4.78, 5) is 38.0. The number of halogens is 3. The molecule has 0 aromatic heterocycles. The highest BCUT2D eigenvalue weighted by molar-refractivity contribution is 6.10. The average Bonchev–Trinajstić information content (AvgIpc) is 2.91. The molecule has 1 aliphatic heterocycles. The molecule has 0 aliphatic carbocycles. The Morgan fingerprint density at radius 1 is 1.20 bits per heavy atom. The number of hydrogen-bond acceptors (Lipinski definition) is 4. The van der Waals surface area contributed by atoms with Crippen LogP contribution in [0.1, 0.15) is 23.6 Å². The lowest BCUT2D eigenvalue weighted by Gasteiger charge is -2.22. The highest BCUT2D eigenvalue weighted by atomic mass is 19.4. The number of nitriles is 1. The van der Waals surface area contributed by atoms with Gasteiger partial charge in [0.15, 0.2) is 0 Å². The molecule has 7 nitrogen and oxygen atoms in total. The Balaban J connectivity index is 1.74. The van der Waals surface area contributed by atoms with Gasteiger partial charge in [-0.2, -0.15) is 18.4 Å². The van der Waals surface area contributed by atoms with Crippen molar-refractivity contribution in [1.82, 2.24) is 10.2 Å². The van der Waals surface area contributed by atoms with Gasteiger partial charge in [0.1, 0.15) is 12.1 Å². The van der Waals surface area contributed by atoms with Crippen LogP contribution >= 0.6 is 0 Å². The first kappa shape index (κ1) is 20.9. The summed E-state index contributed by atoms with van der Waals surface area (Å²) in [6.07, 6.45) is -4.57. The average molecular weight is 416 g/mol. The van der Waals surface area contributed by atoms with Gasteiger partial charge in [0.25, 0.3) is 5.91 Å². The number of urea groups is 1. The fourth-order valence-corrected chi connectivity index (χ4v) is 3.03. The molecule has 1 saturated heterocycles. The summed E-state index contributed by atoms with van der Waals surface area (Å²) in [6, 6.07) is 11.1. The maximum atomic E-state index is 12.8. The number of benzene rings is 2. The van der Waals surface area contributed by atoms with Crippen LogP contribution in [0.4, 0.5) is 23.7 Å². The molecule has 30 heavy (non-hydrogen) atoms. The molecule has 1 atom stereocenters. The SMILES string of the molecule is CC1(c2ccc(C#N)cc2)NC(=O)N(CC(=O)Nc2cccc(C(F)(F)F)c2)C1=O. The number of nitrogens with one attached hydrogen (secondary N) is 2. The quantitative estimate of drug-likeness (QED) is 0.748. The van der Waals surface area contributed by atoms with Gasteiger partial charge >= 0.3 is 12.2 Å². The normalized spacial score (nSPS) is 18.7. The second-order valence-corrected chi connectivity index (χ2v) is 6.76. The number of hydrogen-bond donors (Lipinski definition) is 2. The van der Waals surface area contributed by atoms with E-state index in [1.807, 2.05) is 6.07 Å². The molecule has 1 unspecified atom stereocenters. The first-order chi connectivity index (χ1) is 14.0. The van der Waals surface area contributed by atoms with Crippen LogP contribution in [0, 0.1) is 11.3 Å². The van der Waals surface area contributed by atoms with Gasteiger partial charge in [0, 0.05) is 5.69 Å². The van der Waals surface area contributed by atoms with E-state index in [-0.39, 0.29) is 5.69 Å². The number of rotatable bonds is 4. The van der Waals surface area contributed by atoms with E-state index < -0.39 is 41.7 Å². The topological polar surface area (TPSA) is 102 Å². The number of alkyl halides is 3. The lowest BCUT2D eigenvalue weighted by Crippen LogP contribution is -2.42. The smallest absolute Gasteiger partial charge is 0.325 e. The Bertz CT molecular complexity index is 1060. The summed E-state index contributed by atoms with van der Waals surface area (Å²) in [5, 5.41) is 13.6. The van der Waals surface area contributed by atoms with Crippen LogP contribution in [-0.2, 0) is 21.3 Å². The van der Waals surface area contributed by atoms with Crippen molar-refractivity contribution in [2.45, 2.75) is 18.6 Å². The van der Waals surface area contributed by atoms with Gasteiger partial charge in [-0.25, -0.2) is 4.79 Å². The minimum Gasteiger partial charge on any atom is -0.325 e. The first-order valence-electron chi connectivity index (χ1n) is 8.66. The molecule has 2 aromatic carbocycles. The highest BCUT2D eigenvalue weighted by Crippen LogP contribution is 2.31. The van der Waals surface area contributed by atoms with Gasteiger partial charge in [-0.15, -0.1) is 0 Å². The number of carbonyl (C=O) groups is 3. The van der Waals surface area contributed by atoms with Crippen molar-refractivity contribution in [3.8, 4) is 6.07 Å². The molecule has 0 radical (unpaired) electrons. The predicted octanol–water partition coefficient (Wildman–Crippen LogP) is 2.98. The molecule has 0 bridgehead atoms. The van der Waals surface area contributed by atoms with Crippen molar-refractivity contribution in [3.63, 3.8) is 0 Å². The molecule has 4 amide bonds. The number of anilines is 1. The van der Waals surface area contributed by atoms with Crippen LogP contribution < -0.4 is 10.6 Å². The highest BCUT2D eigenvalue weighted by Gasteiger charge is 2.49. The van der Waals surface area contributed by atoms with Crippen LogP contribution in [0.2, 0.25) is 0 Å². The maximum absolute atomic E-state index is 12.8. The number of amides is 4. The molecule has 154 valence electrons. The minimum atomic E-state index is -4.57. The molecule has 0 spiro atoms. The summed E-state index contributed by atoms with van der Waals surface area (Å²) >= 11 is 0. The van der Waals surface area contributed by atoms with Crippen molar-refractivity contribution in [2.75, 3.05) is 11.9 Å². The van der Waals surface area contributed by atoms with E-state index in [1.54, 1.807) is 0 Å². The Kier molecular flexibility index (Phi) is 5.22. The van der Waals surface area contributed by atoms with Gasteiger partial charge in [-0.05, 0) is 42.8 Å². The van der Waals surface area contributed by atoms with Crippen molar-refractivity contribution >= 4 is 23.5 Å². The minimum absolute atomic E-state index is 0.114. The lowest BCUT2D eigenvalue weighted by molar-refractivity contribution is -0.137. The monoisotopic (exact) mass is 416 g/mol. The van der Waals surface area contributed by atoms with Crippen molar-refractivity contribution in [1.29, 1.82) is 5.26 Å². The summed E-state index contributed by atoms with van der Waals surface area (Å²) in [6.45, 7) is 0.784. The fourth-order valence-electron chi connectivity index (χ4n) is 3.03. The van der Waals surface area contributed by atoms with E-state index >= 15 is 0 Å². The van der Waals surface area contributed by atoms with Crippen LogP contribution in [0.3, 0.4) is 0 Å². The zero-order chi connectivity index (χ0) is 22.1. The zero-order valence-corrected chi connectivity index (χ0v) is 15.6. The molecule has 10 heteroatoms. The van der Waals surface area contributed by atoms with E-state index in [1.165, 1.54) is 37.3 Å². The third-order valence-electron chi connectivity index (χ3n) is 4.64. The Hall–Kier alpha value is -3.87. The van der Waals surface area contributed by atoms with Gasteiger partial charge in [-0.3, -0.25) is 14.5 Å². The number of carbonyl (C=O) groups excluding carboxylic acids is 3. The van der Waals surface area contributed by atoms with E-state index in [2.05, 4.69) is 10.6 Å². The first-order valence-corrected chi connectivity index (χ1v) is 8.66. The lowest BCUT2D eigenvalue weighted by atomic mass is 9.91. The van der Waals surface area contributed by atoms with Crippen LogP contribution in [-0.4, -0.2) is 29.3 Å². The third-order valence-corrected chi connectivity index (χ3v) is 4.64. The second kappa shape index (κ2) is 7.51. The molecular weight excluding hydrogens is 401 g/mol. The predicted molar refractivity (Wildman–Crippen MR) is 98.8 cm³/mol. The summed E-state index contributed by atoms with van der Waals surface area (Å²) in [7, 11) is 0. The molecule has 2 N–H and O–H groups in total. The number of nitrogens with zero attached hydrogens (tertiary/aromatic N) is 2. The van der Waals surface area contributed by atoms with Crippen molar-refractivity contribution in [2.24, 2.45) is 0 Å². The molecule has 2 aromatic rings. The summed E-state index contributed by atoms with van der Waals surface area (Å²) < 4.78 is 38.4. The summed E-state index contributed by atoms with van der Waals surface area (Å²) in [5.41, 5.74) is -1.71. The van der Waals surface area contributed by atoms with Crippen molar-refractivity contribution in [3.05, 3.63) is 65.2 Å². The summed E-state index contributed by atoms with van der Waals surface area (Å²) in [5.74, 6) is -1.53. The molecular formula is C20H15F3N4O3. The standard InChI is InChI=1S/C20H15F3N4O3/c1-19(13-7-5-12(10-24)6-8-13)17(29)27(18(30)26-19)11-16(28)25-15-4-2-3-14(9-15)20(21,22)23/h2-9H,11H2,1H3,(H,25,28)(H,26,30). The van der Waals surface area contributed by atoms with Gasteiger partial charge in [0.2, 0.25) is 5.91 Å². The van der Waals surface area contributed by atoms with Crippen LogP contribution in [0.15, 0.2) is 48.5 Å². The Morgan fingerprint density at radius 2 is 1.87 bits per heavy atom. The van der Waals surface area contributed by atoms with Crippen molar-refractivity contribution < 1.29 is 27.6 Å². The molecule has 3 rings (SSSR count). The largest absolute Gasteiger partial charge is 0.416 e. The molecule has 1 heterocycles. The Morgan fingerprint density at radius 3 is 2.47 bits per heavy atom. The van der Waals surface area contributed by atoms with Crippen LogP contribution in [0.25, 0.3) is 0 Å². The van der Waals surface area contributed by atoms with Gasteiger partial charge in [0.05, 0.1) is 17.2 Å². The Labute approximate surface area is 169 Å². The van der Waals surface area contributed by atoms with E-state index in [9.17, 15) is 27.6 Å². The number of imide groups is 1. The second-order valence-electron chi connectivity index (χ2n) is 6.76. The maximum Gasteiger partial charge on any atom is 0.416 e. The van der Waals surface area contributed by atoms with E-state index in [0.717, 1.165) is 18.2 Å². The van der Waals surface area contributed by atoms with E-state index in [4.69, 9.17) is 5.26 Å². The zero-order valence-electron chi connectivity index (χ0n) is 15.6.